The fourth-order valence-corrected chi connectivity index (χ4v) is 1.92. The van der Waals surface area contributed by atoms with E-state index in [2.05, 4.69) is 5.32 Å². The second kappa shape index (κ2) is 5.24. The molecular weight excluding hydrogens is 238 g/mol. The normalized spacial score (nSPS) is 22.7. The first-order chi connectivity index (χ1) is 8.29. The number of carbonyl (C=O) groups excluding carboxylic acids is 2. The Hall–Kier alpha value is -1.79. The molecule has 1 fully saturated rings. The molecule has 0 aliphatic carbocycles. The third kappa shape index (κ3) is 2.72. The summed E-state index contributed by atoms with van der Waals surface area (Å²) in [6, 6.07) is -0.507. The van der Waals surface area contributed by atoms with Gasteiger partial charge in [0.25, 0.3) is 0 Å². The van der Waals surface area contributed by atoms with Gasteiger partial charge in [-0.15, -0.1) is 0 Å². The van der Waals surface area contributed by atoms with Gasteiger partial charge in [0.1, 0.15) is 5.54 Å². The van der Waals surface area contributed by atoms with Gasteiger partial charge in [0.05, 0.1) is 6.54 Å². The Bertz CT molecular complexity index is 369. The molecule has 1 aliphatic rings. The predicted octanol–water partition coefficient (Wildman–Crippen LogP) is -0.277. The molecule has 1 aliphatic heterocycles. The molecule has 3 amide bonds. The lowest BCUT2D eigenvalue weighted by atomic mass is 10.00. The molecule has 0 aromatic rings. The molecule has 7 heteroatoms. The van der Waals surface area contributed by atoms with E-state index in [1.54, 1.807) is 14.1 Å². The number of amides is 3. The number of hydrogen-bond donors (Lipinski definition) is 2. The maximum Gasteiger partial charge on any atom is 0.329 e. The van der Waals surface area contributed by atoms with Crippen LogP contribution in [-0.4, -0.2) is 65.5 Å². The van der Waals surface area contributed by atoms with Crippen molar-refractivity contribution in [3.8, 4) is 0 Å². The number of likely N-dealkylation sites (N-methyl/N-ethyl adjacent to an activating group) is 1. The minimum Gasteiger partial charge on any atom is -0.480 e. The monoisotopic (exact) mass is 257 g/mol. The Morgan fingerprint density at radius 2 is 2.00 bits per heavy atom. The predicted molar refractivity (Wildman–Crippen MR) is 64.1 cm³/mol. The maximum absolute atomic E-state index is 11.9. The molecule has 102 valence electrons. The highest BCUT2D eigenvalue weighted by molar-refractivity contribution is 5.89. The minimum atomic E-state index is -1.18. The van der Waals surface area contributed by atoms with Crippen LogP contribution in [0.25, 0.3) is 0 Å². The van der Waals surface area contributed by atoms with Crippen molar-refractivity contribution in [2.24, 2.45) is 0 Å². The van der Waals surface area contributed by atoms with Gasteiger partial charge in [-0.25, -0.2) is 9.59 Å². The van der Waals surface area contributed by atoms with Gasteiger partial charge in [-0.05, 0) is 19.8 Å². The standard InChI is InChI=1S/C11H19N3O4/c1-11(9(16)17)5-4-6-14(11)10(18)12-7-8(15)13(2)3/h4-7H2,1-3H3,(H,12,18)(H,16,17). The largest absolute Gasteiger partial charge is 0.480 e. The van der Waals surface area contributed by atoms with Crippen LogP contribution in [0.2, 0.25) is 0 Å². The number of aliphatic carboxylic acids is 1. The van der Waals surface area contributed by atoms with E-state index in [1.807, 2.05) is 0 Å². The van der Waals surface area contributed by atoms with Gasteiger partial charge in [-0.3, -0.25) is 4.79 Å². The van der Waals surface area contributed by atoms with Crippen molar-refractivity contribution in [2.75, 3.05) is 27.2 Å². The molecule has 0 aromatic carbocycles. The SMILES string of the molecule is CN(C)C(=O)CNC(=O)N1CCCC1(C)C(=O)O. The van der Waals surface area contributed by atoms with E-state index in [9.17, 15) is 14.4 Å². The van der Waals surface area contributed by atoms with Crippen LogP contribution in [0.5, 0.6) is 0 Å². The van der Waals surface area contributed by atoms with Gasteiger partial charge < -0.3 is 20.2 Å². The molecule has 1 heterocycles. The molecule has 18 heavy (non-hydrogen) atoms. The molecule has 0 bridgehead atoms. The van der Waals surface area contributed by atoms with Crippen LogP contribution in [0.4, 0.5) is 4.79 Å². The Morgan fingerprint density at radius 1 is 1.39 bits per heavy atom. The first kappa shape index (κ1) is 14.3. The maximum atomic E-state index is 11.9. The van der Waals surface area contributed by atoms with Crippen molar-refractivity contribution < 1.29 is 19.5 Å². The van der Waals surface area contributed by atoms with Gasteiger partial charge >= 0.3 is 12.0 Å². The topological polar surface area (TPSA) is 90.0 Å². The highest BCUT2D eigenvalue weighted by atomic mass is 16.4. The third-order valence-electron chi connectivity index (χ3n) is 3.24. The van der Waals surface area contributed by atoms with Crippen LogP contribution in [0.1, 0.15) is 19.8 Å². The van der Waals surface area contributed by atoms with Crippen LogP contribution in [-0.2, 0) is 9.59 Å². The zero-order chi connectivity index (χ0) is 13.9. The first-order valence-corrected chi connectivity index (χ1v) is 5.78. The summed E-state index contributed by atoms with van der Waals surface area (Å²) >= 11 is 0. The summed E-state index contributed by atoms with van der Waals surface area (Å²) in [6.45, 7) is 1.79. The fraction of sp³-hybridized carbons (Fsp3) is 0.727. The van der Waals surface area contributed by atoms with Crippen LogP contribution >= 0.6 is 0 Å². The summed E-state index contributed by atoms with van der Waals surface area (Å²) in [7, 11) is 3.18. The van der Waals surface area contributed by atoms with Crippen LogP contribution < -0.4 is 5.32 Å². The van der Waals surface area contributed by atoms with E-state index in [1.165, 1.54) is 16.7 Å². The van der Waals surface area contributed by atoms with E-state index in [0.29, 0.717) is 19.4 Å². The minimum absolute atomic E-state index is 0.127. The molecule has 0 spiro atoms. The summed E-state index contributed by atoms with van der Waals surface area (Å²) in [6.07, 6.45) is 1.08. The second-order valence-electron chi connectivity index (χ2n) is 4.78. The second-order valence-corrected chi connectivity index (χ2v) is 4.78. The average molecular weight is 257 g/mol. The number of urea groups is 1. The van der Waals surface area contributed by atoms with Crippen molar-refractivity contribution in [1.82, 2.24) is 15.1 Å². The Labute approximate surface area is 106 Å². The molecule has 1 atom stereocenters. The number of carboxylic acids is 1. The van der Waals surface area contributed by atoms with E-state index in [-0.39, 0.29) is 12.5 Å². The number of nitrogens with one attached hydrogen (secondary N) is 1. The van der Waals surface area contributed by atoms with E-state index < -0.39 is 17.5 Å². The first-order valence-electron chi connectivity index (χ1n) is 5.78. The number of likely N-dealkylation sites (tertiary alicyclic amines) is 1. The number of rotatable bonds is 3. The molecule has 0 saturated carbocycles. The smallest absolute Gasteiger partial charge is 0.329 e. The van der Waals surface area contributed by atoms with Crippen LogP contribution in [0.15, 0.2) is 0 Å². The average Bonchev–Trinajstić information content (AvgIpc) is 2.69. The Balaban J connectivity index is 2.62. The molecule has 1 saturated heterocycles. The van der Waals surface area contributed by atoms with Crippen molar-refractivity contribution in [3.05, 3.63) is 0 Å². The fourth-order valence-electron chi connectivity index (χ4n) is 1.92. The zero-order valence-corrected chi connectivity index (χ0v) is 10.9. The molecule has 2 N–H and O–H groups in total. The summed E-state index contributed by atoms with van der Waals surface area (Å²) in [5.41, 5.74) is -1.18. The van der Waals surface area contributed by atoms with E-state index >= 15 is 0 Å². The van der Waals surface area contributed by atoms with Crippen LogP contribution in [0.3, 0.4) is 0 Å². The lowest BCUT2D eigenvalue weighted by Crippen LogP contribution is -2.55. The van der Waals surface area contributed by atoms with Gasteiger partial charge in [0.2, 0.25) is 5.91 Å². The van der Waals surface area contributed by atoms with Gasteiger partial charge in [0.15, 0.2) is 0 Å². The number of hydrogen-bond acceptors (Lipinski definition) is 3. The van der Waals surface area contributed by atoms with Gasteiger partial charge in [-0.2, -0.15) is 0 Å². The Kier molecular flexibility index (Phi) is 4.15. The summed E-state index contributed by atoms with van der Waals surface area (Å²) in [5.74, 6) is -1.26. The van der Waals surface area contributed by atoms with Crippen molar-refractivity contribution in [3.63, 3.8) is 0 Å². The summed E-state index contributed by atoms with van der Waals surface area (Å²) in [5, 5.41) is 11.6. The Morgan fingerprint density at radius 3 is 2.50 bits per heavy atom. The lowest BCUT2D eigenvalue weighted by Gasteiger charge is -2.31. The van der Waals surface area contributed by atoms with E-state index in [4.69, 9.17) is 5.11 Å². The molecule has 1 unspecified atom stereocenters. The summed E-state index contributed by atoms with van der Waals surface area (Å²) in [4.78, 5) is 37.0. The molecule has 0 aromatic heterocycles. The number of carboxylic acid groups (broad SMARTS) is 1. The summed E-state index contributed by atoms with van der Waals surface area (Å²) < 4.78 is 0. The molecule has 1 rings (SSSR count). The lowest BCUT2D eigenvalue weighted by molar-refractivity contribution is -0.147. The molecule has 7 nitrogen and oxygen atoms in total. The molecule has 0 radical (unpaired) electrons. The van der Waals surface area contributed by atoms with Crippen LogP contribution in [0, 0.1) is 0 Å². The zero-order valence-electron chi connectivity index (χ0n) is 10.9. The van der Waals surface area contributed by atoms with Crippen molar-refractivity contribution >= 4 is 17.9 Å². The van der Waals surface area contributed by atoms with E-state index in [0.717, 1.165) is 0 Å². The highest BCUT2D eigenvalue weighted by Crippen LogP contribution is 2.28. The quantitative estimate of drug-likeness (QED) is 0.728. The van der Waals surface area contributed by atoms with Gasteiger partial charge in [0, 0.05) is 20.6 Å². The van der Waals surface area contributed by atoms with Crippen molar-refractivity contribution in [2.45, 2.75) is 25.3 Å². The molecular formula is C11H19N3O4. The number of nitrogens with zero attached hydrogens (tertiary/aromatic N) is 2. The van der Waals surface area contributed by atoms with Gasteiger partial charge in [-0.1, -0.05) is 0 Å². The third-order valence-corrected chi connectivity index (χ3v) is 3.24. The number of carbonyl (C=O) groups is 3. The van der Waals surface area contributed by atoms with Crippen molar-refractivity contribution in [1.29, 1.82) is 0 Å². The highest BCUT2D eigenvalue weighted by Gasteiger charge is 2.45.